The Morgan fingerprint density at radius 2 is 1.17 bits per heavy atom. The summed E-state index contributed by atoms with van der Waals surface area (Å²) in [6.07, 6.45) is 0. The van der Waals surface area contributed by atoms with Crippen LogP contribution in [0, 0.1) is 20.2 Å². The van der Waals surface area contributed by atoms with E-state index < -0.39 is 28.8 Å². The van der Waals surface area contributed by atoms with Crippen molar-refractivity contribution in [2.24, 2.45) is 0 Å². The van der Waals surface area contributed by atoms with E-state index in [4.69, 9.17) is 9.47 Å². The second-order valence-corrected chi connectivity index (χ2v) is 4.57. The first-order valence-electron chi connectivity index (χ1n) is 6.73. The highest BCUT2D eigenvalue weighted by molar-refractivity contribution is 5.81. The minimum Gasteiger partial charge on any atom is -0.479 e. The lowest BCUT2D eigenvalue weighted by atomic mass is 10.3. The van der Waals surface area contributed by atoms with E-state index in [1.807, 2.05) is 0 Å². The van der Waals surface area contributed by atoms with Gasteiger partial charge in [-0.15, -0.1) is 0 Å². The largest absolute Gasteiger partial charge is 0.479 e. The average molecular weight is 332 g/mol. The van der Waals surface area contributed by atoms with Gasteiger partial charge in [0.05, 0.1) is 9.85 Å². The summed E-state index contributed by atoms with van der Waals surface area (Å²) in [6, 6.07) is 11.3. The number of benzene rings is 2. The van der Waals surface area contributed by atoms with Crippen LogP contribution in [0.25, 0.3) is 0 Å². The number of carbonyl (C=O) groups is 1. The number of carbonyl (C=O) groups excluding carboxylic acids is 1. The van der Waals surface area contributed by atoms with Crippen LogP contribution in [0.15, 0.2) is 48.5 Å². The fourth-order valence-corrected chi connectivity index (χ4v) is 1.82. The molecule has 0 saturated heterocycles. The van der Waals surface area contributed by atoms with Gasteiger partial charge in [0.15, 0.2) is 24.7 Å². The molecule has 0 amide bonds. The zero-order valence-corrected chi connectivity index (χ0v) is 12.3. The molecule has 9 heteroatoms. The van der Waals surface area contributed by atoms with Gasteiger partial charge in [0, 0.05) is 12.1 Å². The van der Waals surface area contributed by atoms with Crippen molar-refractivity contribution in [3.63, 3.8) is 0 Å². The summed E-state index contributed by atoms with van der Waals surface area (Å²) in [7, 11) is 0. The van der Waals surface area contributed by atoms with Gasteiger partial charge < -0.3 is 9.47 Å². The highest BCUT2D eigenvalue weighted by Crippen LogP contribution is 2.27. The van der Waals surface area contributed by atoms with E-state index in [1.165, 1.54) is 48.5 Å². The minimum absolute atomic E-state index is 0.0402. The second-order valence-electron chi connectivity index (χ2n) is 4.57. The molecule has 0 unspecified atom stereocenters. The molecule has 2 aromatic rings. The van der Waals surface area contributed by atoms with Crippen molar-refractivity contribution in [2.45, 2.75) is 0 Å². The van der Waals surface area contributed by atoms with E-state index >= 15 is 0 Å². The number of nitrogens with zero attached hydrogens (tertiary/aromatic N) is 2. The number of Topliss-reactive ketones (excluding diaryl/α,β-unsaturated/α-hetero) is 1. The molecule has 0 heterocycles. The first-order chi connectivity index (χ1) is 11.5. The molecule has 24 heavy (non-hydrogen) atoms. The van der Waals surface area contributed by atoms with E-state index in [-0.39, 0.29) is 22.9 Å². The molecule has 0 bridgehead atoms. The lowest BCUT2D eigenvalue weighted by Gasteiger charge is -2.07. The Bertz CT molecular complexity index is 712. The van der Waals surface area contributed by atoms with Crippen LogP contribution in [0.3, 0.4) is 0 Å². The Balaban J connectivity index is 1.93. The molecule has 0 radical (unpaired) electrons. The van der Waals surface area contributed by atoms with Gasteiger partial charge in [0.25, 0.3) is 0 Å². The van der Waals surface area contributed by atoms with Crippen molar-refractivity contribution in [1.82, 2.24) is 0 Å². The maximum Gasteiger partial charge on any atom is 0.310 e. The maximum atomic E-state index is 11.8. The zero-order valence-electron chi connectivity index (χ0n) is 12.3. The van der Waals surface area contributed by atoms with Crippen LogP contribution in [0.2, 0.25) is 0 Å². The summed E-state index contributed by atoms with van der Waals surface area (Å²) in [4.78, 5) is 32.2. The van der Waals surface area contributed by atoms with Gasteiger partial charge in [0.1, 0.15) is 0 Å². The molecule has 2 aromatic carbocycles. The molecule has 9 nitrogen and oxygen atoms in total. The lowest BCUT2D eigenvalue weighted by molar-refractivity contribution is -0.385. The molecule has 0 spiro atoms. The number of nitro benzene ring substituents is 2. The molecule has 0 N–H and O–H groups in total. The van der Waals surface area contributed by atoms with Crippen LogP contribution in [-0.4, -0.2) is 28.8 Å². The molecule has 0 aliphatic rings. The van der Waals surface area contributed by atoms with Crippen molar-refractivity contribution < 1.29 is 24.1 Å². The number of para-hydroxylation sites is 4. The highest BCUT2D eigenvalue weighted by atomic mass is 16.6. The van der Waals surface area contributed by atoms with Crippen molar-refractivity contribution in [2.75, 3.05) is 13.2 Å². The molecule has 0 aliphatic carbocycles. The van der Waals surface area contributed by atoms with E-state index in [0.29, 0.717) is 0 Å². The van der Waals surface area contributed by atoms with Gasteiger partial charge in [-0.3, -0.25) is 25.0 Å². The molecule has 0 saturated carbocycles. The summed E-state index contributed by atoms with van der Waals surface area (Å²) in [5.74, 6) is -0.602. The van der Waals surface area contributed by atoms with E-state index in [0.717, 1.165) is 0 Å². The number of nitro groups is 2. The third-order valence-corrected chi connectivity index (χ3v) is 2.90. The molecule has 124 valence electrons. The van der Waals surface area contributed by atoms with Crippen molar-refractivity contribution >= 4 is 17.2 Å². The van der Waals surface area contributed by atoms with Gasteiger partial charge in [0.2, 0.25) is 5.78 Å². The standard InChI is InChI=1S/C15H12N2O7/c18-11(9-23-14-7-3-1-5-12(14)16(19)20)10-24-15-8-4-2-6-13(15)17(21)22/h1-8H,9-10H2. The summed E-state index contributed by atoms with van der Waals surface area (Å²) in [5, 5.41) is 21.7. The lowest BCUT2D eigenvalue weighted by Crippen LogP contribution is -2.19. The van der Waals surface area contributed by atoms with Crippen molar-refractivity contribution in [1.29, 1.82) is 0 Å². The first kappa shape index (κ1) is 16.9. The Morgan fingerprint density at radius 3 is 1.54 bits per heavy atom. The van der Waals surface area contributed by atoms with Crippen LogP contribution in [0.4, 0.5) is 11.4 Å². The Labute approximate surface area is 135 Å². The Kier molecular flexibility index (Phi) is 5.40. The number of rotatable bonds is 8. The molecule has 0 atom stereocenters. The van der Waals surface area contributed by atoms with Gasteiger partial charge in [-0.25, -0.2) is 0 Å². The number of hydrogen-bond donors (Lipinski definition) is 0. The van der Waals surface area contributed by atoms with Crippen LogP contribution in [0.5, 0.6) is 11.5 Å². The quantitative estimate of drug-likeness (QED) is 0.537. The normalized spacial score (nSPS) is 10.0. The average Bonchev–Trinajstić information content (AvgIpc) is 2.58. The molecule has 2 rings (SSSR count). The topological polar surface area (TPSA) is 122 Å². The minimum atomic E-state index is -0.621. The van der Waals surface area contributed by atoms with E-state index in [9.17, 15) is 25.0 Å². The number of hydrogen-bond acceptors (Lipinski definition) is 7. The summed E-state index contributed by atoms with van der Waals surface area (Å²) < 4.78 is 10.2. The Hall–Kier alpha value is -3.49. The van der Waals surface area contributed by atoms with E-state index in [2.05, 4.69) is 0 Å². The van der Waals surface area contributed by atoms with Crippen LogP contribution in [0.1, 0.15) is 0 Å². The highest BCUT2D eigenvalue weighted by Gasteiger charge is 2.17. The summed E-state index contributed by atoms with van der Waals surface area (Å²) in [6.45, 7) is -0.906. The predicted octanol–water partition coefficient (Wildman–Crippen LogP) is 2.53. The predicted molar refractivity (Wildman–Crippen MR) is 82.2 cm³/mol. The number of ether oxygens (including phenoxy) is 2. The molecule has 0 aromatic heterocycles. The van der Waals surface area contributed by atoms with Crippen LogP contribution < -0.4 is 9.47 Å². The van der Waals surface area contributed by atoms with Crippen molar-refractivity contribution in [3.05, 3.63) is 68.8 Å². The van der Waals surface area contributed by atoms with Crippen LogP contribution >= 0.6 is 0 Å². The summed E-state index contributed by atoms with van der Waals surface area (Å²) >= 11 is 0. The van der Waals surface area contributed by atoms with Crippen LogP contribution in [-0.2, 0) is 4.79 Å². The molecule has 0 aliphatic heterocycles. The third-order valence-electron chi connectivity index (χ3n) is 2.90. The first-order valence-corrected chi connectivity index (χ1v) is 6.73. The zero-order chi connectivity index (χ0) is 17.5. The monoisotopic (exact) mass is 332 g/mol. The summed E-state index contributed by atoms with van der Waals surface area (Å²) in [5.41, 5.74) is -0.519. The third kappa shape index (κ3) is 4.26. The van der Waals surface area contributed by atoms with E-state index in [1.54, 1.807) is 0 Å². The SMILES string of the molecule is O=C(COc1ccccc1[N+](=O)[O-])COc1ccccc1[N+](=O)[O-]. The van der Waals surface area contributed by atoms with Gasteiger partial charge in [-0.1, -0.05) is 24.3 Å². The fourth-order valence-electron chi connectivity index (χ4n) is 1.82. The maximum absolute atomic E-state index is 11.8. The molecular formula is C15H12N2O7. The molecular weight excluding hydrogens is 320 g/mol. The van der Waals surface area contributed by atoms with Gasteiger partial charge >= 0.3 is 11.4 Å². The molecule has 0 fully saturated rings. The number of ketones is 1. The fraction of sp³-hybridized carbons (Fsp3) is 0.133. The van der Waals surface area contributed by atoms with Gasteiger partial charge in [-0.2, -0.15) is 0 Å². The Morgan fingerprint density at radius 1 is 0.792 bits per heavy atom. The van der Waals surface area contributed by atoms with Crippen molar-refractivity contribution in [3.8, 4) is 11.5 Å². The second kappa shape index (κ2) is 7.68. The smallest absolute Gasteiger partial charge is 0.310 e. The van der Waals surface area contributed by atoms with Gasteiger partial charge in [-0.05, 0) is 12.1 Å².